The average Bonchev–Trinajstić information content (AvgIpc) is 2.37. The quantitative estimate of drug-likeness (QED) is 0.615. The third-order valence-electron chi connectivity index (χ3n) is 2.37. The molecule has 0 N–H and O–H groups in total. The summed E-state index contributed by atoms with van der Waals surface area (Å²) in [6.45, 7) is 1.50. The van der Waals surface area contributed by atoms with Crippen molar-refractivity contribution in [2.45, 2.75) is 13.0 Å². The van der Waals surface area contributed by atoms with E-state index in [0.29, 0.717) is 16.5 Å². The van der Waals surface area contributed by atoms with Gasteiger partial charge in [-0.25, -0.2) is 9.78 Å². The van der Waals surface area contributed by atoms with Gasteiger partial charge >= 0.3 is 5.97 Å². The van der Waals surface area contributed by atoms with Gasteiger partial charge in [-0.3, -0.25) is 0 Å². The van der Waals surface area contributed by atoms with Crippen molar-refractivity contribution >= 4 is 28.5 Å². The van der Waals surface area contributed by atoms with Gasteiger partial charge in [-0.05, 0) is 19.1 Å². The summed E-state index contributed by atoms with van der Waals surface area (Å²) in [6, 6.07) is 10.4. The molecular formula is C13H9ClN2O2. The second-order valence-electron chi connectivity index (χ2n) is 3.69. The van der Waals surface area contributed by atoms with E-state index in [2.05, 4.69) is 4.98 Å². The molecule has 0 saturated heterocycles. The fourth-order valence-corrected chi connectivity index (χ4v) is 1.76. The second kappa shape index (κ2) is 5.03. The number of esters is 1. The van der Waals surface area contributed by atoms with E-state index in [0.717, 1.165) is 0 Å². The standard InChI is InChI=1S/C13H9ClN2O2/c1-8(7-15)18-13(17)10-6-12(14)16-11-5-3-2-4-9(10)11/h2-6,8H,1H3/t8-/m1/s1. The summed E-state index contributed by atoms with van der Waals surface area (Å²) < 4.78 is 4.96. The van der Waals surface area contributed by atoms with Crippen molar-refractivity contribution in [1.29, 1.82) is 5.26 Å². The number of halogens is 1. The van der Waals surface area contributed by atoms with E-state index in [1.165, 1.54) is 13.0 Å². The molecule has 0 saturated carbocycles. The van der Waals surface area contributed by atoms with Crippen LogP contribution in [0.1, 0.15) is 17.3 Å². The summed E-state index contributed by atoms with van der Waals surface area (Å²) in [5, 5.41) is 9.50. The summed E-state index contributed by atoms with van der Waals surface area (Å²) in [7, 11) is 0. The molecule has 1 aromatic carbocycles. The van der Waals surface area contributed by atoms with Crippen molar-refractivity contribution in [2.75, 3.05) is 0 Å². The number of nitriles is 1. The number of nitrogens with zero attached hydrogens (tertiary/aromatic N) is 2. The van der Waals surface area contributed by atoms with Crippen LogP contribution in [-0.2, 0) is 4.74 Å². The first-order chi connectivity index (χ1) is 8.61. The van der Waals surface area contributed by atoms with Crippen molar-refractivity contribution in [3.05, 3.63) is 41.0 Å². The number of benzene rings is 1. The third kappa shape index (κ3) is 2.41. The van der Waals surface area contributed by atoms with Gasteiger partial charge in [0.25, 0.3) is 0 Å². The maximum absolute atomic E-state index is 11.9. The van der Waals surface area contributed by atoms with Crippen LogP contribution in [0, 0.1) is 11.3 Å². The van der Waals surface area contributed by atoms with E-state index in [1.807, 2.05) is 6.07 Å². The van der Waals surface area contributed by atoms with Crippen molar-refractivity contribution in [2.24, 2.45) is 0 Å². The number of carbonyl (C=O) groups is 1. The molecule has 2 aromatic rings. The van der Waals surface area contributed by atoms with Crippen molar-refractivity contribution < 1.29 is 9.53 Å². The molecule has 0 bridgehead atoms. The molecule has 2 rings (SSSR count). The summed E-state index contributed by atoms with van der Waals surface area (Å²) in [6.07, 6.45) is -0.803. The number of pyridine rings is 1. The third-order valence-corrected chi connectivity index (χ3v) is 2.56. The molecule has 4 nitrogen and oxygen atoms in total. The topological polar surface area (TPSA) is 63.0 Å². The Morgan fingerprint density at radius 1 is 1.50 bits per heavy atom. The van der Waals surface area contributed by atoms with E-state index < -0.39 is 12.1 Å². The number of aromatic nitrogens is 1. The molecule has 0 spiro atoms. The predicted molar refractivity (Wildman–Crippen MR) is 67.2 cm³/mol. The molecule has 18 heavy (non-hydrogen) atoms. The Morgan fingerprint density at radius 2 is 2.22 bits per heavy atom. The number of carbonyl (C=O) groups excluding carboxylic acids is 1. The Balaban J connectivity index is 2.50. The fourth-order valence-electron chi connectivity index (χ4n) is 1.56. The highest BCUT2D eigenvalue weighted by atomic mass is 35.5. The molecule has 0 aliphatic carbocycles. The summed E-state index contributed by atoms with van der Waals surface area (Å²) in [5.74, 6) is -0.579. The van der Waals surface area contributed by atoms with Crippen molar-refractivity contribution in [1.82, 2.24) is 4.98 Å². The molecular weight excluding hydrogens is 252 g/mol. The van der Waals surface area contributed by atoms with Gasteiger partial charge in [0.2, 0.25) is 0 Å². The normalized spacial score (nSPS) is 11.8. The van der Waals surface area contributed by atoms with Crippen LogP contribution in [0.4, 0.5) is 0 Å². The minimum absolute atomic E-state index is 0.213. The lowest BCUT2D eigenvalue weighted by Gasteiger charge is -2.08. The van der Waals surface area contributed by atoms with Crippen LogP contribution in [-0.4, -0.2) is 17.1 Å². The Morgan fingerprint density at radius 3 is 2.94 bits per heavy atom. The largest absolute Gasteiger partial charge is 0.444 e. The van der Waals surface area contributed by atoms with Gasteiger partial charge in [0.15, 0.2) is 6.10 Å². The maximum Gasteiger partial charge on any atom is 0.340 e. The first-order valence-electron chi connectivity index (χ1n) is 5.27. The Labute approximate surface area is 109 Å². The average molecular weight is 261 g/mol. The Kier molecular flexibility index (Phi) is 3.45. The van der Waals surface area contributed by atoms with Gasteiger partial charge in [-0.1, -0.05) is 29.8 Å². The van der Waals surface area contributed by atoms with E-state index in [4.69, 9.17) is 21.6 Å². The summed E-state index contributed by atoms with van der Waals surface area (Å²) in [5.41, 5.74) is 0.925. The molecule has 0 aliphatic rings. The van der Waals surface area contributed by atoms with Gasteiger partial charge in [0.1, 0.15) is 11.2 Å². The smallest absolute Gasteiger partial charge is 0.340 e. The number of rotatable bonds is 2. The molecule has 0 unspecified atom stereocenters. The number of ether oxygens (including phenoxy) is 1. The molecule has 0 radical (unpaired) electrons. The first kappa shape index (κ1) is 12.3. The van der Waals surface area contributed by atoms with Gasteiger partial charge < -0.3 is 4.74 Å². The molecule has 0 fully saturated rings. The molecule has 90 valence electrons. The van der Waals surface area contributed by atoms with E-state index in [1.54, 1.807) is 24.3 Å². The van der Waals surface area contributed by atoms with Crippen LogP contribution >= 0.6 is 11.6 Å². The lowest BCUT2D eigenvalue weighted by molar-refractivity contribution is 0.0438. The monoisotopic (exact) mass is 260 g/mol. The van der Waals surface area contributed by atoms with E-state index >= 15 is 0 Å². The van der Waals surface area contributed by atoms with Gasteiger partial charge in [-0.2, -0.15) is 5.26 Å². The highest BCUT2D eigenvalue weighted by molar-refractivity contribution is 6.30. The second-order valence-corrected chi connectivity index (χ2v) is 4.07. The Bertz CT molecular complexity index is 649. The van der Waals surface area contributed by atoms with Gasteiger partial charge in [-0.15, -0.1) is 0 Å². The van der Waals surface area contributed by atoms with Crippen molar-refractivity contribution in [3.63, 3.8) is 0 Å². The fraction of sp³-hybridized carbons (Fsp3) is 0.154. The number of hydrogen-bond donors (Lipinski definition) is 0. The van der Waals surface area contributed by atoms with Crippen LogP contribution in [0.3, 0.4) is 0 Å². The van der Waals surface area contributed by atoms with Crippen molar-refractivity contribution in [3.8, 4) is 6.07 Å². The van der Waals surface area contributed by atoms with Crippen LogP contribution in [0.15, 0.2) is 30.3 Å². The van der Waals surface area contributed by atoms with Gasteiger partial charge in [0, 0.05) is 5.39 Å². The van der Waals surface area contributed by atoms with Crippen LogP contribution in [0.5, 0.6) is 0 Å². The minimum Gasteiger partial charge on any atom is -0.444 e. The zero-order chi connectivity index (χ0) is 13.1. The summed E-state index contributed by atoms with van der Waals surface area (Å²) in [4.78, 5) is 16.0. The SMILES string of the molecule is C[C@H](C#N)OC(=O)c1cc(Cl)nc2ccccc12. The van der Waals surface area contributed by atoms with E-state index in [9.17, 15) is 4.79 Å². The van der Waals surface area contributed by atoms with Gasteiger partial charge in [0.05, 0.1) is 11.1 Å². The summed E-state index contributed by atoms with van der Waals surface area (Å²) >= 11 is 5.85. The highest BCUT2D eigenvalue weighted by Crippen LogP contribution is 2.21. The van der Waals surface area contributed by atoms with E-state index in [-0.39, 0.29) is 5.15 Å². The predicted octanol–water partition coefficient (Wildman–Crippen LogP) is 2.96. The maximum atomic E-state index is 11.9. The molecule has 1 aromatic heterocycles. The van der Waals surface area contributed by atoms with Crippen LogP contribution < -0.4 is 0 Å². The highest BCUT2D eigenvalue weighted by Gasteiger charge is 2.16. The zero-order valence-corrected chi connectivity index (χ0v) is 10.3. The van der Waals surface area contributed by atoms with Crippen LogP contribution in [0.25, 0.3) is 10.9 Å². The Hall–Kier alpha value is -2.12. The number of fused-ring (bicyclic) bond motifs is 1. The van der Waals surface area contributed by atoms with Crippen LogP contribution in [0.2, 0.25) is 5.15 Å². The molecule has 0 amide bonds. The molecule has 1 heterocycles. The number of para-hydroxylation sites is 1. The molecule has 0 aliphatic heterocycles. The zero-order valence-electron chi connectivity index (χ0n) is 9.55. The lowest BCUT2D eigenvalue weighted by Crippen LogP contribution is -2.13. The molecule has 5 heteroatoms. The number of hydrogen-bond acceptors (Lipinski definition) is 4. The first-order valence-corrected chi connectivity index (χ1v) is 5.65. The minimum atomic E-state index is -0.803. The molecule has 1 atom stereocenters. The lowest BCUT2D eigenvalue weighted by atomic mass is 10.1.